The van der Waals surface area contributed by atoms with E-state index in [4.69, 9.17) is 16.3 Å². The minimum Gasteiger partial charge on any atom is -0.497 e. The van der Waals surface area contributed by atoms with E-state index in [-0.39, 0.29) is 29.7 Å². The lowest BCUT2D eigenvalue weighted by atomic mass is 10.3. The van der Waals surface area contributed by atoms with Crippen molar-refractivity contribution in [3.8, 4) is 5.75 Å². The summed E-state index contributed by atoms with van der Waals surface area (Å²) in [6.45, 7) is 2.29. The first-order valence-corrected chi connectivity index (χ1v) is 8.70. The Balaban J connectivity index is 1.87. The van der Waals surface area contributed by atoms with Crippen molar-refractivity contribution in [1.82, 2.24) is 4.90 Å². The smallest absolute Gasteiger partial charge is 0.238 e. The number of nitrogens with one attached hydrogen (secondary N) is 2. The van der Waals surface area contributed by atoms with Crippen LogP contribution in [0.1, 0.15) is 6.92 Å². The van der Waals surface area contributed by atoms with Gasteiger partial charge in [0.05, 0.1) is 25.9 Å². The number of amides is 2. The van der Waals surface area contributed by atoms with Gasteiger partial charge in [0.25, 0.3) is 0 Å². The molecule has 2 amide bonds. The molecule has 6 nitrogen and oxygen atoms in total. The van der Waals surface area contributed by atoms with Gasteiger partial charge < -0.3 is 15.4 Å². The maximum Gasteiger partial charge on any atom is 0.238 e. The van der Waals surface area contributed by atoms with Gasteiger partial charge >= 0.3 is 0 Å². The largest absolute Gasteiger partial charge is 0.497 e. The third-order valence-electron chi connectivity index (χ3n) is 3.76. The molecule has 144 valence electrons. The quantitative estimate of drug-likeness (QED) is 0.721. The minimum absolute atomic E-state index is 0.0268. The van der Waals surface area contributed by atoms with Crippen LogP contribution in [0.15, 0.2) is 42.5 Å². The summed E-state index contributed by atoms with van der Waals surface area (Å²) >= 11 is 5.69. The van der Waals surface area contributed by atoms with Crippen LogP contribution in [0.2, 0.25) is 5.02 Å². The molecule has 0 radical (unpaired) electrons. The lowest BCUT2D eigenvalue weighted by molar-refractivity contribution is -0.119. The Labute approximate surface area is 162 Å². The van der Waals surface area contributed by atoms with Crippen LogP contribution in [-0.2, 0) is 9.59 Å². The van der Waals surface area contributed by atoms with E-state index in [9.17, 15) is 14.0 Å². The first-order valence-electron chi connectivity index (χ1n) is 8.32. The number of nitrogens with zero attached hydrogens (tertiary/aromatic N) is 1. The molecule has 0 spiro atoms. The summed E-state index contributed by atoms with van der Waals surface area (Å²) in [4.78, 5) is 25.9. The van der Waals surface area contributed by atoms with Crippen molar-refractivity contribution in [3.63, 3.8) is 0 Å². The number of carbonyl (C=O) groups excluding carboxylic acids is 2. The van der Waals surface area contributed by atoms with Crippen molar-refractivity contribution in [2.45, 2.75) is 6.92 Å². The van der Waals surface area contributed by atoms with Crippen LogP contribution >= 0.6 is 11.6 Å². The molecule has 0 aliphatic carbocycles. The molecule has 2 N–H and O–H groups in total. The fourth-order valence-corrected chi connectivity index (χ4v) is 2.50. The number of anilines is 2. The van der Waals surface area contributed by atoms with Gasteiger partial charge in [0.1, 0.15) is 11.6 Å². The molecule has 0 fully saturated rings. The normalized spacial score (nSPS) is 10.6. The number of hydrogen-bond donors (Lipinski definition) is 2. The lowest BCUT2D eigenvalue weighted by Crippen LogP contribution is -2.38. The molecule has 0 bridgehead atoms. The summed E-state index contributed by atoms with van der Waals surface area (Å²) in [6, 6.07) is 10.9. The SMILES string of the molecule is CCN(CC(=O)Nc1ccc(OC)cc1)CC(=O)Nc1ccc(Cl)cc1F. The van der Waals surface area contributed by atoms with Crippen molar-refractivity contribution in [3.05, 3.63) is 53.3 Å². The molecule has 2 aromatic rings. The van der Waals surface area contributed by atoms with Crippen molar-refractivity contribution in [2.24, 2.45) is 0 Å². The maximum atomic E-state index is 13.8. The zero-order valence-electron chi connectivity index (χ0n) is 15.1. The summed E-state index contributed by atoms with van der Waals surface area (Å²) < 4.78 is 18.8. The molecular weight excluding hydrogens is 373 g/mol. The molecule has 0 aromatic heterocycles. The number of benzene rings is 2. The van der Waals surface area contributed by atoms with Crippen molar-refractivity contribution in [2.75, 3.05) is 37.4 Å². The van der Waals surface area contributed by atoms with Gasteiger partial charge in [0, 0.05) is 10.7 Å². The van der Waals surface area contributed by atoms with Crippen LogP contribution in [0.5, 0.6) is 5.75 Å². The van der Waals surface area contributed by atoms with Gasteiger partial charge in [-0.05, 0) is 49.0 Å². The van der Waals surface area contributed by atoms with E-state index in [1.165, 1.54) is 12.1 Å². The summed E-state index contributed by atoms with van der Waals surface area (Å²) in [6.07, 6.45) is 0. The first kappa shape index (κ1) is 20.7. The third kappa shape index (κ3) is 6.54. The molecule has 0 unspecified atom stereocenters. The second kappa shape index (κ2) is 9.89. The van der Waals surface area contributed by atoms with E-state index in [1.807, 2.05) is 6.92 Å². The molecule has 2 aromatic carbocycles. The summed E-state index contributed by atoms with van der Waals surface area (Å²) in [5.74, 6) is -0.603. The zero-order valence-corrected chi connectivity index (χ0v) is 15.8. The third-order valence-corrected chi connectivity index (χ3v) is 4.00. The standard InChI is InChI=1S/C19H21ClFN3O3/c1-3-24(11-18(25)22-14-5-7-15(27-2)8-6-14)12-19(26)23-17-9-4-13(20)10-16(17)21/h4-10H,3,11-12H2,1-2H3,(H,22,25)(H,23,26). The Hall–Kier alpha value is -2.64. The van der Waals surface area contributed by atoms with E-state index in [2.05, 4.69) is 10.6 Å². The molecule has 2 rings (SSSR count). The predicted octanol–water partition coefficient (Wildman–Crippen LogP) is 3.39. The molecule has 8 heteroatoms. The van der Waals surface area contributed by atoms with Crippen molar-refractivity contribution < 1.29 is 18.7 Å². The van der Waals surface area contributed by atoms with E-state index in [0.29, 0.717) is 18.0 Å². The lowest BCUT2D eigenvalue weighted by Gasteiger charge is -2.19. The fourth-order valence-electron chi connectivity index (χ4n) is 2.34. The Bertz CT molecular complexity index is 799. The molecule has 27 heavy (non-hydrogen) atoms. The Morgan fingerprint density at radius 1 is 1.07 bits per heavy atom. The predicted molar refractivity (Wildman–Crippen MR) is 104 cm³/mol. The highest BCUT2D eigenvalue weighted by Crippen LogP contribution is 2.19. The minimum atomic E-state index is -0.615. The van der Waals surface area contributed by atoms with Gasteiger partial charge in [0.15, 0.2) is 0 Å². The van der Waals surface area contributed by atoms with E-state index in [1.54, 1.807) is 36.3 Å². The molecule has 0 atom stereocenters. The number of likely N-dealkylation sites (N-methyl/N-ethyl adjacent to an activating group) is 1. The molecule has 0 heterocycles. The highest BCUT2D eigenvalue weighted by atomic mass is 35.5. The first-order chi connectivity index (χ1) is 12.9. The number of halogens is 2. The van der Waals surface area contributed by atoms with E-state index < -0.39 is 11.7 Å². The van der Waals surface area contributed by atoms with Gasteiger partial charge in [-0.15, -0.1) is 0 Å². The van der Waals surface area contributed by atoms with Gasteiger partial charge in [-0.2, -0.15) is 0 Å². The summed E-state index contributed by atoms with van der Waals surface area (Å²) in [5, 5.41) is 5.48. The Morgan fingerprint density at radius 2 is 1.70 bits per heavy atom. The fraction of sp³-hybridized carbons (Fsp3) is 0.263. The van der Waals surface area contributed by atoms with Crippen LogP contribution in [0.25, 0.3) is 0 Å². The highest BCUT2D eigenvalue weighted by molar-refractivity contribution is 6.30. The van der Waals surface area contributed by atoms with Gasteiger partial charge in [-0.3, -0.25) is 14.5 Å². The Morgan fingerprint density at radius 3 is 2.26 bits per heavy atom. The molecule has 0 saturated carbocycles. The van der Waals surface area contributed by atoms with Gasteiger partial charge in [-0.25, -0.2) is 4.39 Å². The van der Waals surface area contributed by atoms with Crippen LogP contribution in [0.4, 0.5) is 15.8 Å². The van der Waals surface area contributed by atoms with Crippen molar-refractivity contribution >= 4 is 34.8 Å². The van der Waals surface area contributed by atoms with Crippen LogP contribution in [-0.4, -0.2) is 43.5 Å². The number of carbonyl (C=O) groups is 2. The summed E-state index contributed by atoms with van der Waals surface area (Å²) in [7, 11) is 1.56. The monoisotopic (exact) mass is 393 g/mol. The number of rotatable bonds is 8. The van der Waals surface area contributed by atoms with Gasteiger partial charge in [0.2, 0.25) is 11.8 Å². The molecular formula is C19H21ClFN3O3. The van der Waals surface area contributed by atoms with E-state index in [0.717, 1.165) is 6.07 Å². The second-order valence-corrected chi connectivity index (χ2v) is 6.19. The summed E-state index contributed by atoms with van der Waals surface area (Å²) in [5.41, 5.74) is 0.674. The molecule has 0 saturated heterocycles. The molecule has 0 aliphatic heterocycles. The van der Waals surface area contributed by atoms with Crippen LogP contribution in [0, 0.1) is 5.82 Å². The Kier molecular flexibility index (Phi) is 7.57. The van der Waals surface area contributed by atoms with Crippen LogP contribution < -0.4 is 15.4 Å². The van der Waals surface area contributed by atoms with Crippen molar-refractivity contribution in [1.29, 1.82) is 0 Å². The highest BCUT2D eigenvalue weighted by Gasteiger charge is 2.15. The molecule has 0 aliphatic rings. The zero-order chi connectivity index (χ0) is 19.8. The number of hydrogen-bond acceptors (Lipinski definition) is 4. The van der Waals surface area contributed by atoms with Gasteiger partial charge in [-0.1, -0.05) is 18.5 Å². The van der Waals surface area contributed by atoms with E-state index >= 15 is 0 Å². The number of ether oxygens (including phenoxy) is 1. The number of methoxy groups -OCH3 is 1. The second-order valence-electron chi connectivity index (χ2n) is 5.75. The topological polar surface area (TPSA) is 70.7 Å². The average molecular weight is 394 g/mol. The average Bonchev–Trinajstić information content (AvgIpc) is 2.64. The van der Waals surface area contributed by atoms with Crippen LogP contribution in [0.3, 0.4) is 0 Å². The maximum absolute atomic E-state index is 13.8.